The van der Waals surface area contributed by atoms with Crippen LogP contribution in [-0.4, -0.2) is 100 Å². The summed E-state index contributed by atoms with van der Waals surface area (Å²) in [5.74, 6) is 0.841. The standard InChI is InChI=1S/C36H44N8O4/c1-25-6-4-3-5-11-43-16-17-44(36(47)32(43)18-25)34-30(22-45)29(9-10-37-34)26-19-31(35(46)40(2)21-26)39-33-8-7-27(20-38-33)41-12-14-42(15-13-41)28-23-48-24-28/h7-10,18-21,28,45H,1,3-6,11-17,22-24H2,2H3,(H,38,39)/b32-18-. The molecule has 0 saturated carbocycles. The van der Waals surface area contributed by atoms with Crippen molar-refractivity contribution in [3.63, 3.8) is 0 Å². The van der Waals surface area contributed by atoms with E-state index in [1.807, 2.05) is 30.5 Å². The molecule has 252 valence electrons. The molecule has 3 fully saturated rings. The number of piperazine rings is 2. The third-order valence-electron chi connectivity index (χ3n) is 9.93. The first kappa shape index (κ1) is 32.0. The number of aliphatic hydroxyl groups excluding tert-OH is 1. The van der Waals surface area contributed by atoms with Crippen LogP contribution in [0.4, 0.5) is 23.0 Å². The van der Waals surface area contributed by atoms with Gasteiger partial charge in [0.1, 0.15) is 23.0 Å². The monoisotopic (exact) mass is 652 g/mol. The summed E-state index contributed by atoms with van der Waals surface area (Å²) in [4.78, 5) is 45.0. The summed E-state index contributed by atoms with van der Waals surface area (Å²) in [5.41, 5.74) is 4.70. The molecule has 0 unspecified atom stereocenters. The number of anilines is 4. The highest BCUT2D eigenvalue weighted by molar-refractivity contribution is 6.06. The second-order valence-electron chi connectivity index (χ2n) is 13.1. The quantitative estimate of drug-likeness (QED) is 0.394. The number of ether oxygens (including phenoxy) is 1. The van der Waals surface area contributed by atoms with Gasteiger partial charge in [0.25, 0.3) is 11.5 Å². The molecular formula is C36H44N8O4. The Labute approximate surface area is 280 Å². The third kappa shape index (κ3) is 6.47. The van der Waals surface area contributed by atoms with Crippen molar-refractivity contribution in [2.75, 3.05) is 74.1 Å². The van der Waals surface area contributed by atoms with Gasteiger partial charge in [0.05, 0.1) is 37.7 Å². The van der Waals surface area contributed by atoms with Gasteiger partial charge in [-0.3, -0.25) is 19.4 Å². The number of carbonyl (C=O) groups excluding carboxylic acids is 1. The zero-order valence-corrected chi connectivity index (χ0v) is 27.6. The molecule has 0 atom stereocenters. The lowest BCUT2D eigenvalue weighted by molar-refractivity contribution is -0.117. The Morgan fingerprint density at radius 1 is 0.979 bits per heavy atom. The molecule has 7 heterocycles. The van der Waals surface area contributed by atoms with Crippen LogP contribution in [0.25, 0.3) is 11.1 Å². The molecule has 0 radical (unpaired) electrons. The van der Waals surface area contributed by atoms with Crippen molar-refractivity contribution in [1.82, 2.24) is 24.3 Å². The fraction of sp³-hybridized carbons (Fsp3) is 0.444. The molecular weight excluding hydrogens is 608 g/mol. The Kier molecular flexibility index (Phi) is 9.29. The Morgan fingerprint density at radius 3 is 2.52 bits per heavy atom. The van der Waals surface area contributed by atoms with Gasteiger partial charge in [-0.25, -0.2) is 9.97 Å². The average Bonchev–Trinajstić information content (AvgIpc) is 3.17. The van der Waals surface area contributed by atoms with E-state index in [9.17, 15) is 14.7 Å². The van der Waals surface area contributed by atoms with Gasteiger partial charge in [-0.05, 0) is 55.2 Å². The topological polar surface area (TPSA) is 119 Å². The molecule has 0 bridgehead atoms. The lowest BCUT2D eigenvalue weighted by Crippen LogP contribution is -2.56. The minimum Gasteiger partial charge on any atom is -0.392 e. The van der Waals surface area contributed by atoms with Gasteiger partial charge in [0.2, 0.25) is 0 Å². The van der Waals surface area contributed by atoms with Crippen molar-refractivity contribution in [3.05, 3.63) is 82.7 Å². The number of nitrogens with zero attached hydrogens (tertiary/aromatic N) is 7. The maximum absolute atomic E-state index is 13.9. The van der Waals surface area contributed by atoms with Gasteiger partial charge in [0, 0.05) is 76.4 Å². The van der Waals surface area contributed by atoms with Crippen molar-refractivity contribution in [2.45, 2.75) is 38.3 Å². The summed E-state index contributed by atoms with van der Waals surface area (Å²) in [6.07, 6.45) is 11.2. The number of carbonyl (C=O) groups is 1. The fourth-order valence-corrected chi connectivity index (χ4v) is 7.05. The number of pyridine rings is 3. The Morgan fingerprint density at radius 2 is 1.79 bits per heavy atom. The summed E-state index contributed by atoms with van der Waals surface area (Å²) >= 11 is 0. The van der Waals surface area contributed by atoms with Crippen LogP contribution in [0.2, 0.25) is 0 Å². The molecule has 0 spiro atoms. The van der Waals surface area contributed by atoms with Crippen LogP contribution in [0.1, 0.15) is 31.2 Å². The predicted octanol–water partition coefficient (Wildman–Crippen LogP) is 3.26. The van der Waals surface area contributed by atoms with E-state index < -0.39 is 0 Å². The van der Waals surface area contributed by atoms with E-state index in [4.69, 9.17) is 4.74 Å². The third-order valence-corrected chi connectivity index (χ3v) is 9.93. The Balaban J connectivity index is 1.12. The maximum Gasteiger partial charge on any atom is 0.275 e. The van der Waals surface area contributed by atoms with Gasteiger partial charge in [-0.15, -0.1) is 0 Å². The SMILES string of the molecule is C=C1/C=C2/C(=O)N(c3nccc(-c4cc(Nc5ccc(N6CCN(C7COC7)CC6)cn5)c(=O)n(C)c4)c3CO)CCN2CCCCC1. The molecule has 0 aliphatic carbocycles. The minimum absolute atomic E-state index is 0.143. The first-order chi connectivity index (χ1) is 23.4. The first-order valence-corrected chi connectivity index (χ1v) is 17.0. The van der Waals surface area contributed by atoms with Gasteiger partial charge in [-0.1, -0.05) is 18.6 Å². The number of rotatable bonds is 7. The molecule has 0 aromatic carbocycles. The molecule has 12 nitrogen and oxygen atoms in total. The summed E-state index contributed by atoms with van der Waals surface area (Å²) in [5, 5.41) is 13.9. The van der Waals surface area contributed by atoms with Gasteiger partial charge >= 0.3 is 0 Å². The van der Waals surface area contributed by atoms with E-state index >= 15 is 0 Å². The lowest BCUT2D eigenvalue weighted by Gasteiger charge is -2.43. The smallest absolute Gasteiger partial charge is 0.275 e. The van der Waals surface area contributed by atoms with Gasteiger partial charge in [0.15, 0.2) is 0 Å². The Bertz CT molecular complexity index is 1760. The van der Waals surface area contributed by atoms with E-state index in [-0.39, 0.29) is 18.1 Å². The molecule has 3 saturated heterocycles. The van der Waals surface area contributed by atoms with Crippen molar-refractivity contribution >= 4 is 28.9 Å². The van der Waals surface area contributed by atoms with Crippen LogP contribution in [0.3, 0.4) is 0 Å². The van der Waals surface area contributed by atoms with E-state index in [2.05, 4.69) is 36.6 Å². The number of aliphatic hydroxyl groups is 1. The van der Waals surface area contributed by atoms with Gasteiger partial charge in [-0.2, -0.15) is 0 Å². The summed E-state index contributed by atoms with van der Waals surface area (Å²) in [6.45, 7) is 11.4. The second-order valence-corrected chi connectivity index (χ2v) is 13.1. The molecule has 4 aliphatic heterocycles. The van der Waals surface area contributed by atoms with E-state index in [1.54, 1.807) is 30.4 Å². The zero-order valence-electron chi connectivity index (χ0n) is 27.6. The van der Waals surface area contributed by atoms with Crippen LogP contribution in [0, 0.1) is 0 Å². The van der Waals surface area contributed by atoms with Crippen LogP contribution >= 0.6 is 0 Å². The van der Waals surface area contributed by atoms with Crippen LogP contribution in [0.15, 0.2) is 71.6 Å². The molecule has 48 heavy (non-hydrogen) atoms. The number of fused-ring (bicyclic) bond motifs is 1. The number of hydrogen-bond acceptors (Lipinski definition) is 10. The Hall–Kier alpha value is -4.52. The van der Waals surface area contributed by atoms with Gasteiger partial charge < -0.3 is 29.5 Å². The fourth-order valence-electron chi connectivity index (χ4n) is 7.05. The number of allylic oxidation sites excluding steroid dienone is 2. The highest BCUT2D eigenvalue weighted by Gasteiger charge is 2.33. The number of hydrogen-bond donors (Lipinski definition) is 2. The number of nitrogens with one attached hydrogen (secondary N) is 1. The van der Waals surface area contributed by atoms with Crippen molar-refractivity contribution in [2.24, 2.45) is 7.05 Å². The largest absolute Gasteiger partial charge is 0.392 e. The molecule has 2 N–H and O–H groups in total. The number of aryl methyl sites for hydroxylation is 1. The zero-order chi connectivity index (χ0) is 33.2. The van der Waals surface area contributed by atoms with E-state index in [1.165, 1.54) is 4.57 Å². The summed E-state index contributed by atoms with van der Waals surface area (Å²) in [7, 11) is 1.70. The lowest BCUT2D eigenvalue weighted by atomic mass is 10.0. The normalized spacial score (nSPS) is 20.7. The van der Waals surface area contributed by atoms with Crippen molar-refractivity contribution in [1.29, 1.82) is 0 Å². The van der Waals surface area contributed by atoms with Crippen LogP contribution in [0.5, 0.6) is 0 Å². The predicted molar refractivity (Wildman–Crippen MR) is 186 cm³/mol. The molecule has 12 heteroatoms. The van der Waals surface area contributed by atoms with Crippen LogP contribution in [-0.2, 0) is 23.2 Å². The summed E-state index contributed by atoms with van der Waals surface area (Å²) in [6, 6.07) is 8.05. The van der Waals surface area contributed by atoms with Crippen molar-refractivity contribution < 1.29 is 14.6 Å². The molecule has 7 rings (SSSR count). The highest BCUT2D eigenvalue weighted by Crippen LogP contribution is 2.33. The second kappa shape index (κ2) is 13.9. The van der Waals surface area contributed by atoms with E-state index in [0.717, 1.165) is 82.9 Å². The number of aromatic nitrogens is 3. The molecule has 4 aliphatic rings. The first-order valence-electron chi connectivity index (χ1n) is 17.0. The minimum atomic E-state index is -0.324. The van der Waals surface area contributed by atoms with Crippen LogP contribution < -0.4 is 20.7 Å². The molecule has 3 aromatic heterocycles. The molecule has 1 amide bonds. The van der Waals surface area contributed by atoms with E-state index in [0.29, 0.717) is 58.8 Å². The van der Waals surface area contributed by atoms with Crippen molar-refractivity contribution in [3.8, 4) is 11.1 Å². The molecule has 3 aromatic rings. The average molecular weight is 653 g/mol. The maximum atomic E-state index is 13.9. The summed E-state index contributed by atoms with van der Waals surface area (Å²) < 4.78 is 6.87. The number of amides is 1. The highest BCUT2D eigenvalue weighted by atomic mass is 16.5.